The highest BCUT2D eigenvalue weighted by molar-refractivity contribution is 6.29. The first-order valence-corrected chi connectivity index (χ1v) is 19.1. The maximum Gasteiger partial charge on any atom is 0.227 e. The Labute approximate surface area is 334 Å². The first kappa shape index (κ1) is 30.3. The summed E-state index contributed by atoms with van der Waals surface area (Å²) in [5, 5.41) is 7.40. The first-order chi connectivity index (χ1) is 29.6. The lowest BCUT2D eigenvalue weighted by atomic mass is 9.94. The van der Waals surface area contributed by atoms with Crippen LogP contribution in [0.3, 0.4) is 0 Å². The molecule has 0 aliphatic heterocycles. The van der Waals surface area contributed by atoms with Gasteiger partial charge in [0.15, 0.2) is 23.1 Å². The van der Waals surface area contributed by atoms with Crippen molar-refractivity contribution in [2.45, 2.75) is 0 Å². The Morgan fingerprint density at radius 3 is 1.78 bits per heavy atom. The Hall–Kier alpha value is -7.96. The fraction of sp³-hybridized carbons (Fsp3) is 0. The second-order valence-electron chi connectivity index (χ2n) is 14.4. The van der Waals surface area contributed by atoms with Crippen molar-refractivity contribution in [2.24, 2.45) is 0 Å². The lowest BCUT2D eigenvalue weighted by molar-refractivity contribution is 0.619. The normalized spacial score (nSPS) is 12.3. The molecular weight excluding hydrogens is 713 g/mol. The number of nitrogens with zero attached hydrogens (tertiary/aromatic N) is 4. The third-order valence-electron chi connectivity index (χ3n) is 11.0. The molecule has 0 aliphatic rings. The van der Waals surface area contributed by atoms with Crippen LogP contribution in [0.2, 0.25) is 0 Å². The van der Waals surface area contributed by atoms with Crippen molar-refractivity contribution in [2.75, 3.05) is 0 Å². The van der Waals surface area contributed by atoms with Gasteiger partial charge in [-0.15, -0.1) is 0 Å². The molecule has 0 N–H and O–H groups in total. The number of aromatic nitrogens is 4. The molecule has 6 nitrogen and oxygen atoms in total. The van der Waals surface area contributed by atoms with Crippen LogP contribution in [-0.4, -0.2) is 19.9 Å². The number of hydrogen-bond acceptors (Lipinski definition) is 6. The number of hydrogen-bond donors (Lipinski definition) is 0. The minimum absolute atomic E-state index is 0.0567. The third-order valence-corrected chi connectivity index (χ3v) is 11.0. The Balaban J connectivity index is 1.15. The van der Waals surface area contributed by atoms with E-state index in [2.05, 4.69) is 84.9 Å². The molecule has 0 unspecified atom stereocenters. The van der Waals surface area contributed by atoms with Crippen LogP contribution in [0.5, 0.6) is 0 Å². The summed E-state index contributed by atoms with van der Waals surface area (Å²) in [7, 11) is 0. The average molecular weight is 745 g/mol. The maximum atomic E-state index is 9.07. The van der Waals surface area contributed by atoms with Crippen LogP contribution in [0, 0.1) is 0 Å². The van der Waals surface area contributed by atoms with Gasteiger partial charge in [-0.2, -0.15) is 0 Å². The summed E-state index contributed by atoms with van der Waals surface area (Å²) in [5.74, 6) is 2.01. The van der Waals surface area contributed by atoms with Gasteiger partial charge in [0.05, 0.1) is 8.13 Å². The summed E-state index contributed by atoms with van der Waals surface area (Å²) in [4.78, 5) is 20.7. The summed E-state index contributed by atoms with van der Waals surface area (Å²) in [6.45, 7) is 0. The lowest BCUT2D eigenvalue weighted by Gasteiger charge is -2.14. The third kappa shape index (κ3) is 5.12. The van der Waals surface area contributed by atoms with E-state index < -0.39 is 0 Å². The van der Waals surface area contributed by atoms with E-state index in [0.717, 1.165) is 71.1 Å². The zero-order valence-corrected chi connectivity index (χ0v) is 30.8. The van der Waals surface area contributed by atoms with Crippen LogP contribution in [0.25, 0.3) is 122 Å². The summed E-state index contributed by atoms with van der Waals surface area (Å²) >= 11 is 0. The largest absolute Gasteiger partial charge is 0.456 e. The molecule has 9 aromatic carbocycles. The van der Waals surface area contributed by atoms with Gasteiger partial charge in [-0.3, -0.25) is 0 Å². The Morgan fingerprint density at radius 1 is 0.362 bits per heavy atom. The van der Waals surface area contributed by atoms with E-state index in [1.165, 1.54) is 0 Å². The van der Waals surface area contributed by atoms with Crippen molar-refractivity contribution in [3.05, 3.63) is 182 Å². The van der Waals surface area contributed by atoms with E-state index in [4.69, 9.17) is 31.5 Å². The molecule has 0 fully saturated rings. The minimum Gasteiger partial charge on any atom is -0.456 e. The van der Waals surface area contributed by atoms with E-state index in [1.807, 2.05) is 84.9 Å². The van der Waals surface area contributed by atoms with Crippen LogP contribution in [0.4, 0.5) is 0 Å². The van der Waals surface area contributed by atoms with Gasteiger partial charge in [0.2, 0.25) is 5.89 Å². The van der Waals surface area contributed by atoms with Gasteiger partial charge in [0, 0.05) is 27.6 Å². The quantitative estimate of drug-likeness (QED) is 0.163. The van der Waals surface area contributed by atoms with Crippen LogP contribution >= 0.6 is 0 Å². The van der Waals surface area contributed by atoms with Crippen LogP contribution < -0.4 is 0 Å². The average Bonchev–Trinajstić information content (AvgIpc) is 3.94. The van der Waals surface area contributed by atoms with Crippen molar-refractivity contribution in [3.63, 3.8) is 0 Å². The van der Waals surface area contributed by atoms with Crippen LogP contribution in [0.1, 0.15) is 2.74 Å². The van der Waals surface area contributed by atoms with E-state index in [1.54, 1.807) is 0 Å². The van der Waals surface area contributed by atoms with Crippen molar-refractivity contribution in [1.29, 1.82) is 0 Å². The SMILES string of the molecule is [2H]c1c([2H])c2oc3ccc4c5ccccc5c(-c5nc(-c6ccc(-c7ccccc7)cc6)nc(-c6cccc7ccccc67)n5)cc4c3c2c2nc(-c3ccccc3)oc12. The van der Waals surface area contributed by atoms with Gasteiger partial charge in [-0.1, -0.05) is 146 Å². The van der Waals surface area contributed by atoms with Crippen LogP contribution in [-0.2, 0) is 0 Å². The Bertz CT molecular complexity index is 3670. The molecule has 3 aromatic heterocycles. The highest BCUT2D eigenvalue weighted by Crippen LogP contribution is 2.44. The first-order valence-electron chi connectivity index (χ1n) is 20.1. The van der Waals surface area contributed by atoms with Gasteiger partial charge in [0.1, 0.15) is 16.7 Å². The number of furan rings is 1. The molecule has 12 rings (SSSR count). The zero-order valence-electron chi connectivity index (χ0n) is 32.8. The van der Waals surface area contributed by atoms with Gasteiger partial charge in [-0.05, 0) is 79.8 Å². The molecule has 0 amide bonds. The van der Waals surface area contributed by atoms with Crippen molar-refractivity contribution in [3.8, 4) is 56.7 Å². The highest BCUT2D eigenvalue weighted by Gasteiger charge is 2.22. The summed E-state index contributed by atoms with van der Waals surface area (Å²) in [6, 6.07) is 57.0. The number of oxazole rings is 1. The van der Waals surface area contributed by atoms with Gasteiger partial charge < -0.3 is 8.83 Å². The minimum atomic E-state index is -0.0721. The number of benzene rings is 9. The Kier molecular flexibility index (Phi) is 6.68. The van der Waals surface area contributed by atoms with Gasteiger partial charge in [-0.25, -0.2) is 19.9 Å². The molecule has 0 atom stereocenters. The summed E-state index contributed by atoms with van der Waals surface area (Å²) in [5.41, 5.74) is 7.19. The van der Waals surface area contributed by atoms with Crippen molar-refractivity contribution >= 4 is 65.4 Å². The molecule has 0 aliphatic carbocycles. The summed E-state index contributed by atoms with van der Waals surface area (Å²) in [6.07, 6.45) is 0. The topological polar surface area (TPSA) is 77.8 Å². The van der Waals surface area contributed by atoms with E-state index in [0.29, 0.717) is 39.8 Å². The molecule has 0 radical (unpaired) electrons. The molecule has 12 aromatic rings. The Morgan fingerprint density at radius 2 is 0.966 bits per heavy atom. The van der Waals surface area contributed by atoms with E-state index in [9.17, 15) is 0 Å². The smallest absolute Gasteiger partial charge is 0.227 e. The molecule has 270 valence electrons. The standard InChI is InChI=1S/C52H30N4O2/c1-3-12-31(13-4-1)32-22-24-34(25-23-32)49-54-50(40-21-11-17-33-14-7-8-18-36(33)40)56-51(55-49)42-30-41-39(37-19-9-10-20-38(37)42)26-27-43-46(41)47-44(57-43)28-29-45-48(47)53-52(58-45)35-15-5-2-6-16-35/h1-30H/i28D,29D. The molecule has 3 heterocycles. The molecular formula is C52H30N4O2. The lowest BCUT2D eigenvalue weighted by Crippen LogP contribution is -2.01. The molecule has 0 spiro atoms. The van der Waals surface area contributed by atoms with Crippen molar-refractivity contribution < 1.29 is 11.6 Å². The molecule has 6 heteroatoms. The predicted octanol–water partition coefficient (Wildman–Crippen LogP) is 13.7. The van der Waals surface area contributed by atoms with Crippen molar-refractivity contribution in [1.82, 2.24) is 19.9 Å². The second kappa shape index (κ2) is 12.8. The molecule has 0 saturated heterocycles. The fourth-order valence-corrected chi connectivity index (χ4v) is 8.28. The maximum absolute atomic E-state index is 9.07. The van der Waals surface area contributed by atoms with E-state index >= 15 is 0 Å². The van der Waals surface area contributed by atoms with E-state index in [-0.39, 0.29) is 23.3 Å². The predicted molar refractivity (Wildman–Crippen MR) is 234 cm³/mol. The molecule has 0 saturated carbocycles. The van der Waals surface area contributed by atoms with Gasteiger partial charge in [0.25, 0.3) is 0 Å². The number of fused-ring (bicyclic) bond motifs is 10. The molecule has 58 heavy (non-hydrogen) atoms. The van der Waals surface area contributed by atoms with Crippen LogP contribution in [0.15, 0.2) is 191 Å². The summed E-state index contributed by atoms with van der Waals surface area (Å²) < 4.78 is 30.7. The van der Waals surface area contributed by atoms with Gasteiger partial charge >= 0.3 is 0 Å². The second-order valence-corrected chi connectivity index (χ2v) is 14.4. The highest BCUT2D eigenvalue weighted by atomic mass is 16.4. The zero-order chi connectivity index (χ0) is 39.9. The molecule has 0 bridgehead atoms. The fourth-order valence-electron chi connectivity index (χ4n) is 8.28. The monoisotopic (exact) mass is 744 g/mol. The number of rotatable bonds is 5.